The van der Waals surface area contributed by atoms with E-state index in [0.29, 0.717) is 35.9 Å². The molecule has 172 valence electrons. The zero-order valence-electron chi connectivity index (χ0n) is 17.9. The van der Waals surface area contributed by atoms with E-state index in [-0.39, 0.29) is 31.2 Å². The second-order valence-electron chi connectivity index (χ2n) is 8.58. The number of hydrogen-bond acceptors (Lipinski definition) is 6. The smallest absolute Gasteiger partial charge is 0.255 e. The van der Waals surface area contributed by atoms with Crippen LogP contribution < -0.4 is 10.2 Å². The minimum absolute atomic E-state index is 0.182. The number of hydrogen-bond donors (Lipinski definition) is 1. The summed E-state index contributed by atoms with van der Waals surface area (Å²) in [6, 6.07) is 3.90. The molecule has 2 saturated heterocycles. The number of nitrogens with one attached hydrogen (secondary N) is 1. The lowest BCUT2D eigenvalue weighted by Gasteiger charge is -2.37. The maximum absolute atomic E-state index is 14.5. The van der Waals surface area contributed by atoms with Gasteiger partial charge in [-0.2, -0.15) is 0 Å². The van der Waals surface area contributed by atoms with Gasteiger partial charge < -0.3 is 9.80 Å². The van der Waals surface area contributed by atoms with Gasteiger partial charge in [0.05, 0.1) is 5.02 Å². The molecule has 4 heterocycles. The molecule has 0 bridgehead atoms. The number of piperidine rings is 1. The van der Waals surface area contributed by atoms with Gasteiger partial charge >= 0.3 is 0 Å². The molecule has 1 aromatic heterocycles. The van der Waals surface area contributed by atoms with Gasteiger partial charge in [0.1, 0.15) is 11.9 Å². The topological polar surface area (TPSA) is 85.9 Å². The average molecular weight is 472 g/mol. The van der Waals surface area contributed by atoms with Crippen molar-refractivity contribution in [2.75, 3.05) is 31.1 Å². The number of fused-ring (bicyclic) bond motifs is 1. The van der Waals surface area contributed by atoms with Crippen molar-refractivity contribution in [1.82, 2.24) is 20.1 Å². The van der Waals surface area contributed by atoms with Crippen LogP contribution in [0.5, 0.6) is 0 Å². The molecule has 0 aliphatic carbocycles. The first-order valence-corrected chi connectivity index (χ1v) is 11.3. The maximum atomic E-state index is 14.5. The third kappa shape index (κ3) is 4.18. The van der Waals surface area contributed by atoms with E-state index in [9.17, 15) is 18.8 Å². The number of carbonyl (C=O) groups is 3. The third-order valence-corrected chi connectivity index (χ3v) is 6.90. The normalized spacial score (nSPS) is 21.4. The second kappa shape index (κ2) is 8.72. The van der Waals surface area contributed by atoms with E-state index >= 15 is 0 Å². The Morgan fingerprint density at radius 2 is 1.94 bits per heavy atom. The van der Waals surface area contributed by atoms with Crippen LogP contribution in [0.25, 0.3) is 0 Å². The van der Waals surface area contributed by atoms with Crippen LogP contribution in [0.2, 0.25) is 5.02 Å². The lowest BCUT2D eigenvalue weighted by molar-refractivity contribution is -0.136. The number of benzene rings is 1. The lowest BCUT2D eigenvalue weighted by Crippen LogP contribution is -2.52. The predicted molar refractivity (Wildman–Crippen MR) is 119 cm³/mol. The fourth-order valence-electron chi connectivity index (χ4n) is 4.81. The van der Waals surface area contributed by atoms with E-state index in [2.05, 4.69) is 20.1 Å². The molecule has 0 saturated carbocycles. The van der Waals surface area contributed by atoms with Crippen molar-refractivity contribution in [3.63, 3.8) is 0 Å². The molecule has 1 unspecified atom stereocenters. The number of pyridine rings is 1. The Balaban J connectivity index is 1.32. The zero-order valence-corrected chi connectivity index (χ0v) is 18.6. The number of amides is 3. The van der Waals surface area contributed by atoms with Crippen molar-refractivity contribution in [2.24, 2.45) is 0 Å². The monoisotopic (exact) mass is 471 g/mol. The number of imide groups is 1. The largest absolute Gasteiger partial charge is 0.369 e. The Kier molecular flexibility index (Phi) is 5.76. The molecule has 1 N–H and O–H groups in total. The Labute approximate surface area is 195 Å². The molecule has 3 aliphatic heterocycles. The molecule has 2 fully saturated rings. The molecule has 1 aromatic carbocycles. The molecule has 0 radical (unpaired) electrons. The first-order chi connectivity index (χ1) is 15.9. The molecule has 1 atom stereocenters. The number of rotatable bonds is 4. The summed E-state index contributed by atoms with van der Waals surface area (Å²) in [5.74, 6) is -1.66. The van der Waals surface area contributed by atoms with Gasteiger partial charge in [-0.1, -0.05) is 11.6 Å². The summed E-state index contributed by atoms with van der Waals surface area (Å²) in [5, 5.41) is 2.93. The predicted octanol–water partition coefficient (Wildman–Crippen LogP) is 1.96. The van der Waals surface area contributed by atoms with Crippen molar-refractivity contribution in [1.29, 1.82) is 0 Å². The van der Waals surface area contributed by atoms with E-state index in [1.807, 2.05) is 6.07 Å². The molecular formula is C23H23ClFN5O3. The van der Waals surface area contributed by atoms with Crippen LogP contribution >= 0.6 is 11.6 Å². The molecule has 3 aliphatic rings. The van der Waals surface area contributed by atoms with Crippen LogP contribution in [-0.2, 0) is 22.7 Å². The molecule has 3 amide bonds. The van der Waals surface area contributed by atoms with Gasteiger partial charge in [-0.25, -0.2) is 4.39 Å². The van der Waals surface area contributed by atoms with E-state index in [1.165, 1.54) is 17.0 Å². The summed E-state index contributed by atoms with van der Waals surface area (Å²) >= 11 is 6.23. The first kappa shape index (κ1) is 21.8. The molecule has 2 aromatic rings. The highest BCUT2D eigenvalue weighted by Gasteiger charge is 2.41. The average Bonchev–Trinajstić information content (AvgIpc) is 3.11. The second-order valence-corrected chi connectivity index (χ2v) is 8.99. The van der Waals surface area contributed by atoms with E-state index in [0.717, 1.165) is 24.2 Å². The van der Waals surface area contributed by atoms with E-state index in [4.69, 9.17) is 11.6 Å². The Morgan fingerprint density at radius 3 is 2.67 bits per heavy atom. The van der Waals surface area contributed by atoms with Crippen LogP contribution in [0.3, 0.4) is 0 Å². The summed E-state index contributed by atoms with van der Waals surface area (Å²) in [6.07, 6.45) is 3.81. The maximum Gasteiger partial charge on any atom is 0.255 e. The van der Waals surface area contributed by atoms with Crippen LogP contribution in [0.1, 0.15) is 34.3 Å². The molecular weight excluding hydrogens is 449 g/mol. The fourth-order valence-corrected chi connectivity index (χ4v) is 4.99. The summed E-state index contributed by atoms with van der Waals surface area (Å²) in [7, 11) is 0. The fraction of sp³-hybridized carbons (Fsp3) is 0.391. The molecule has 10 heteroatoms. The Bertz CT molecular complexity index is 1140. The summed E-state index contributed by atoms with van der Waals surface area (Å²) < 4.78 is 14.5. The molecule has 8 nitrogen and oxygen atoms in total. The molecule has 5 rings (SSSR count). The number of anilines is 1. The minimum Gasteiger partial charge on any atom is -0.369 e. The van der Waals surface area contributed by atoms with Crippen molar-refractivity contribution in [3.8, 4) is 0 Å². The SMILES string of the molecule is O=C1CCC(N2Cc3c(cc(F)cc3N3CCN(Cc4ccncc4Cl)CC3)C2=O)C(=O)N1. The summed E-state index contributed by atoms with van der Waals surface area (Å²) in [5.41, 5.74) is 2.73. The number of carbonyl (C=O) groups excluding carboxylic acids is 3. The van der Waals surface area contributed by atoms with Crippen molar-refractivity contribution in [2.45, 2.75) is 32.0 Å². The molecule has 33 heavy (non-hydrogen) atoms. The van der Waals surface area contributed by atoms with Crippen molar-refractivity contribution in [3.05, 3.63) is 58.1 Å². The van der Waals surface area contributed by atoms with Gasteiger partial charge in [0.25, 0.3) is 5.91 Å². The van der Waals surface area contributed by atoms with Gasteiger partial charge in [-0.3, -0.25) is 29.6 Å². The summed E-state index contributed by atoms with van der Waals surface area (Å²) in [4.78, 5) is 46.7. The van der Waals surface area contributed by atoms with Crippen LogP contribution in [0, 0.1) is 5.82 Å². The van der Waals surface area contributed by atoms with E-state index < -0.39 is 17.8 Å². The highest BCUT2D eigenvalue weighted by Crippen LogP contribution is 2.35. The number of piperazine rings is 1. The number of halogens is 2. The number of aromatic nitrogens is 1. The summed E-state index contributed by atoms with van der Waals surface area (Å²) in [6.45, 7) is 3.79. The van der Waals surface area contributed by atoms with Gasteiger partial charge in [-0.15, -0.1) is 0 Å². The Hall–Kier alpha value is -3.04. The lowest BCUT2D eigenvalue weighted by atomic mass is 10.0. The minimum atomic E-state index is -0.722. The standard InChI is InChI=1S/C23H23ClFN5O3/c24-18-11-26-4-3-14(18)12-28-5-7-29(8-6-28)20-10-15(25)9-16-17(20)13-30(23(16)33)19-1-2-21(31)27-22(19)32/h3-4,9-11,19H,1-2,5-8,12-13H2,(H,27,31,32). The quantitative estimate of drug-likeness (QED) is 0.686. The highest BCUT2D eigenvalue weighted by atomic mass is 35.5. The molecule has 0 spiro atoms. The van der Waals surface area contributed by atoms with Gasteiger partial charge in [-0.05, 0) is 30.2 Å². The first-order valence-electron chi connectivity index (χ1n) is 10.9. The van der Waals surface area contributed by atoms with Crippen LogP contribution in [0.4, 0.5) is 10.1 Å². The van der Waals surface area contributed by atoms with E-state index in [1.54, 1.807) is 12.4 Å². The van der Waals surface area contributed by atoms with Crippen molar-refractivity contribution < 1.29 is 18.8 Å². The van der Waals surface area contributed by atoms with Crippen molar-refractivity contribution >= 4 is 35.0 Å². The number of nitrogens with zero attached hydrogens (tertiary/aromatic N) is 4. The van der Waals surface area contributed by atoms with Crippen LogP contribution in [0.15, 0.2) is 30.6 Å². The zero-order chi connectivity index (χ0) is 23.1. The van der Waals surface area contributed by atoms with Gasteiger partial charge in [0.15, 0.2) is 0 Å². The highest BCUT2D eigenvalue weighted by molar-refractivity contribution is 6.31. The van der Waals surface area contributed by atoms with Gasteiger partial charge in [0.2, 0.25) is 11.8 Å². The van der Waals surface area contributed by atoms with Gasteiger partial charge in [0, 0.05) is 74.9 Å². The third-order valence-electron chi connectivity index (χ3n) is 6.56. The van der Waals surface area contributed by atoms with Crippen LogP contribution in [-0.4, -0.2) is 64.7 Å². The Morgan fingerprint density at radius 1 is 1.15 bits per heavy atom.